The highest BCUT2D eigenvalue weighted by Crippen LogP contribution is 2.39. The highest BCUT2D eigenvalue weighted by Gasteiger charge is 2.32. The number of aliphatic imine (C=N–C) groups is 1. The topological polar surface area (TPSA) is 58.9 Å². The summed E-state index contributed by atoms with van der Waals surface area (Å²) in [5.41, 5.74) is 2.04. The van der Waals surface area contributed by atoms with E-state index in [4.69, 9.17) is 16.3 Å². The molecule has 2 aromatic carbocycles. The Morgan fingerprint density at radius 1 is 1.15 bits per heavy atom. The maximum atomic E-state index is 12.8. The number of nitrogens with zero attached hydrogens (tertiary/aromatic N) is 1. The van der Waals surface area contributed by atoms with Crippen LogP contribution in [0.3, 0.4) is 0 Å². The lowest BCUT2D eigenvalue weighted by Crippen LogP contribution is -2.07. The van der Waals surface area contributed by atoms with E-state index in [0.717, 1.165) is 24.3 Å². The Labute approximate surface area is 198 Å². The molecule has 0 radical (unpaired) electrons. The van der Waals surface area contributed by atoms with E-state index in [9.17, 15) is 23.1 Å². The van der Waals surface area contributed by atoms with Gasteiger partial charge in [-0.25, -0.2) is 0 Å². The number of phenolic OH excluding ortho intramolecular Hbond substituents is 1. The third-order valence-electron chi connectivity index (χ3n) is 5.31. The van der Waals surface area contributed by atoms with E-state index in [-0.39, 0.29) is 23.2 Å². The van der Waals surface area contributed by atoms with E-state index in [1.807, 2.05) is 20.8 Å². The Kier molecular flexibility index (Phi) is 10.4. The maximum absolute atomic E-state index is 12.8. The SMILES string of the molecule is CCC(=O)c1cc(Cl)cc(C)c1O.CCC(C)C(C)=Nc1c(C)cc(C(F)(F)F)cc1OC. The van der Waals surface area contributed by atoms with Crippen LogP contribution < -0.4 is 4.74 Å². The molecular weight excluding hydrogens is 455 g/mol. The lowest BCUT2D eigenvalue weighted by molar-refractivity contribution is -0.137. The average molecular weight is 486 g/mol. The summed E-state index contributed by atoms with van der Waals surface area (Å²) < 4.78 is 43.4. The Balaban J connectivity index is 0.000000361. The van der Waals surface area contributed by atoms with Crippen LogP contribution in [-0.2, 0) is 6.18 Å². The molecule has 0 heterocycles. The van der Waals surface area contributed by atoms with E-state index in [1.165, 1.54) is 13.2 Å². The van der Waals surface area contributed by atoms with Crippen molar-refractivity contribution in [3.63, 3.8) is 0 Å². The van der Waals surface area contributed by atoms with Crippen LogP contribution in [-0.4, -0.2) is 23.7 Å². The van der Waals surface area contributed by atoms with Crippen molar-refractivity contribution in [1.82, 2.24) is 0 Å². The van der Waals surface area contributed by atoms with Gasteiger partial charge < -0.3 is 9.84 Å². The molecule has 0 aliphatic carbocycles. The highest BCUT2D eigenvalue weighted by molar-refractivity contribution is 6.31. The second kappa shape index (κ2) is 12.1. The van der Waals surface area contributed by atoms with Gasteiger partial charge in [0.2, 0.25) is 0 Å². The second-order valence-electron chi connectivity index (χ2n) is 7.80. The Bertz CT molecular complexity index is 1020. The Morgan fingerprint density at radius 2 is 1.76 bits per heavy atom. The molecule has 1 atom stereocenters. The molecule has 1 N–H and O–H groups in total. The number of Topliss-reactive ketones (excluding diaryl/α,β-unsaturated/α-hetero) is 1. The number of aryl methyl sites for hydroxylation is 2. The molecule has 0 aliphatic rings. The molecule has 0 saturated heterocycles. The molecule has 0 fully saturated rings. The lowest BCUT2D eigenvalue weighted by atomic mass is 10.0. The number of halogens is 4. The van der Waals surface area contributed by atoms with Crippen LogP contribution in [0.15, 0.2) is 29.3 Å². The molecular formula is C25H31ClF3NO3. The third-order valence-corrected chi connectivity index (χ3v) is 5.53. The summed E-state index contributed by atoms with van der Waals surface area (Å²) in [4.78, 5) is 15.8. The van der Waals surface area contributed by atoms with Gasteiger partial charge in [-0.15, -0.1) is 0 Å². The van der Waals surface area contributed by atoms with Gasteiger partial charge in [0.1, 0.15) is 17.2 Å². The van der Waals surface area contributed by atoms with Crippen molar-refractivity contribution in [3.8, 4) is 11.5 Å². The summed E-state index contributed by atoms with van der Waals surface area (Å²) >= 11 is 5.76. The summed E-state index contributed by atoms with van der Waals surface area (Å²) in [6.45, 7) is 11.0. The number of phenols is 1. The van der Waals surface area contributed by atoms with Crippen molar-refractivity contribution < 1.29 is 27.8 Å². The molecule has 0 amide bonds. The maximum Gasteiger partial charge on any atom is 0.416 e. The third kappa shape index (κ3) is 7.77. The summed E-state index contributed by atoms with van der Waals surface area (Å²) in [6.07, 6.45) is -3.09. The van der Waals surface area contributed by atoms with E-state index >= 15 is 0 Å². The normalized spacial score (nSPS) is 12.6. The summed E-state index contributed by atoms with van der Waals surface area (Å²) in [5, 5.41) is 10.0. The first kappa shape index (κ1) is 28.5. The van der Waals surface area contributed by atoms with Crippen molar-refractivity contribution in [1.29, 1.82) is 0 Å². The van der Waals surface area contributed by atoms with Gasteiger partial charge in [0.15, 0.2) is 5.78 Å². The summed E-state index contributed by atoms with van der Waals surface area (Å²) in [7, 11) is 1.35. The first-order chi connectivity index (χ1) is 15.3. The van der Waals surface area contributed by atoms with Crippen molar-refractivity contribution in [2.75, 3.05) is 7.11 Å². The molecule has 8 heteroatoms. The lowest BCUT2D eigenvalue weighted by Gasteiger charge is -2.15. The minimum Gasteiger partial charge on any atom is -0.507 e. The van der Waals surface area contributed by atoms with Crippen LogP contribution >= 0.6 is 11.6 Å². The number of rotatable bonds is 6. The van der Waals surface area contributed by atoms with Crippen molar-refractivity contribution in [2.24, 2.45) is 10.9 Å². The number of aromatic hydroxyl groups is 1. The van der Waals surface area contributed by atoms with Gasteiger partial charge >= 0.3 is 6.18 Å². The summed E-state index contributed by atoms with van der Waals surface area (Å²) in [6, 6.07) is 5.22. The molecule has 0 aliphatic heterocycles. The Hall–Kier alpha value is -2.54. The number of carbonyl (C=O) groups is 1. The van der Waals surface area contributed by atoms with Crippen molar-refractivity contribution in [3.05, 3.63) is 51.5 Å². The number of carbonyl (C=O) groups excluding carboxylic acids is 1. The number of hydrogen-bond donors (Lipinski definition) is 1. The zero-order chi connectivity index (χ0) is 25.5. The number of ether oxygens (including phenoxy) is 1. The fraction of sp³-hybridized carbons (Fsp3) is 0.440. The van der Waals surface area contributed by atoms with Crippen LogP contribution in [0, 0.1) is 19.8 Å². The predicted molar refractivity (Wildman–Crippen MR) is 127 cm³/mol. The van der Waals surface area contributed by atoms with E-state index < -0.39 is 11.7 Å². The van der Waals surface area contributed by atoms with Crippen molar-refractivity contribution >= 4 is 28.8 Å². The minimum atomic E-state index is -4.38. The molecule has 0 bridgehead atoms. The highest BCUT2D eigenvalue weighted by atomic mass is 35.5. The molecule has 4 nitrogen and oxygen atoms in total. The minimum absolute atomic E-state index is 0.0382. The zero-order valence-corrected chi connectivity index (χ0v) is 20.8. The standard InChI is InChI=1S/C15H20F3NO.C10H11ClO2/c1-6-9(2)11(4)19-14-10(3)7-12(15(16,17)18)8-13(14)20-5;1-3-9(12)8-5-7(11)4-6(2)10(8)13/h7-9H,6H2,1-5H3;4-5,13H,3H2,1-2H3. The molecule has 2 aromatic rings. The van der Waals surface area contributed by atoms with Crippen LogP contribution in [0.1, 0.15) is 67.6 Å². The van der Waals surface area contributed by atoms with Gasteiger partial charge in [-0.3, -0.25) is 9.79 Å². The van der Waals surface area contributed by atoms with Gasteiger partial charge in [-0.1, -0.05) is 32.4 Å². The number of benzene rings is 2. The molecule has 182 valence electrons. The fourth-order valence-electron chi connectivity index (χ4n) is 2.93. The molecule has 1 unspecified atom stereocenters. The van der Waals surface area contributed by atoms with E-state index in [2.05, 4.69) is 4.99 Å². The average Bonchev–Trinajstić information content (AvgIpc) is 2.75. The molecule has 2 rings (SSSR count). The number of hydrogen-bond acceptors (Lipinski definition) is 4. The number of alkyl halides is 3. The van der Waals surface area contributed by atoms with E-state index in [0.29, 0.717) is 33.8 Å². The zero-order valence-electron chi connectivity index (χ0n) is 20.0. The van der Waals surface area contributed by atoms with Gasteiger partial charge in [0.05, 0.1) is 18.2 Å². The molecule has 33 heavy (non-hydrogen) atoms. The monoisotopic (exact) mass is 485 g/mol. The van der Waals surface area contributed by atoms with Gasteiger partial charge in [-0.2, -0.15) is 13.2 Å². The van der Waals surface area contributed by atoms with Gasteiger partial charge in [0, 0.05) is 17.2 Å². The van der Waals surface area contributed by atoms with Gasteiger partial charge in [0.25, 0.3) is 0 Å². The molecule has 0 spiro atoms. The Morgan fingerprint density at radius 3 is 2.24 bits per heavy atom. The quantitative estimate of drug-likeness (QED) is 0.332. The summed E-state index contributed by atoms with van der Waals surface area (Å²) in [5.74, 6) is 0.376. The van der Waals surface area contributed by atoms with E-state index in [1.54, 1.807) is 26.8 Å². The fourth-order valence-corrected chi connectivity index (χ4v) is 3.20. The second-order valence-corrected chi connectivity index (χ2v) is 8.24. The van der Waals surface area contributed by atoms with Crippen LogP contribution in [0.5, 0.6) is 11.5 Å². The molecule has 0 aromatic heterocycles. The smallest absolute Gasteiger partial charge is 0.416 e. The largest absolute Gasteiger partial charge is 0.507 e. The first-order valence-corrected chi connectivity index (χ1v) is 11.0. The van der Waals surface area contributed by atoms with Crippen LogP contribution in [0.2, 0.25) is 5.02 Å². The first-order valence-electron chi connectivity index (χ1n) is 10.6. The number of ketones is 1. The van der Waals surface area contributed by atoms with Crippen LogP contribution in [0.25, 0.3) is 0 Å². The van der Waals surface area contributed by atoms with Crippen LogP contribution in [0.4, 0.5) is 18.9 Å². The molecule has 0 saturated carbocycles. The van der Waals surface area contributed by atoms with Crippen molar-refractivity contribution in [2.45, 2.75) is 60.6 Å². The number of methoxy groups -OCH3 is 1. The van der Waals surface area contributed by atoms with Gasteiger partial charge in [-0.05, 0) is 68.5 Å². The predicted octanol–water partition coefficient (Wildman–Crippen LogP) is 8.11.